The fourth-order valence-corrected chi connectivity index (χ4v) is 2.76. The van der Waals surface area contributed by atoms with E-state index >= 15 is 0 Å². The van der Waals surface area contributed by atoms with E-state index in [1.807, 2.05) is 30.3 Å². The van der Waals surface area contributed by atoms with Crippen LogP contribution in [0.2, 0.25) is 0 Å². The molecule has 1 amide bonds. The molecule has 0 aliphatic carbocycles. The lowest BCUT2D eigenvalue weighted by molar-refractivity contribution is -0.123. The van der Waals surface area contributed by atoms with E-state index in [2.05, 4.69) is 43.0 Å². The first-order valence-electron chi connectivity index (χ1n) is 7.01. The molecule has 8 heteroatoms. The van der Waals surface area contributed by atoms with Crippen molar-refractivity contribution < 1.29 is 4.79 Å². The summed E-state index contributed by atoms with van der Waals surface area (Å²) >= 11 is 2.09. The monoisotopic (exact) mass is 422 g/mol. The highest BCUT2D eigenvalue weighted by atomic mass is 127. The molecule has 2 heterocycles. The van der Waals surface area contributed by atoms with Gasteiger partial charge >= 0.3 is 0 Å². The van der Waals surface area contributed by atoms with Gasteiger partial charge in [0.1, 0.15) is 23.9 Å². The third-order valence-corrected chi connectivity index (χ3v) is 3.93. The Balaban J connectivity index is 2.21. The van der Waals surface area contributed by atoms with Crippen LogP contribution in [0.5, 0.6) is 0 Å². The Labute approximate surface area is 146 Å². The summed E-state index contributed by atoms with van der Waals surface area (Å²) in [5.41, 5.74) is 8.16. The summed E-state index contributed by atoms with van der Waals surface area (Å²) in [6.45, 7) is 1.78. The molecule has 0 fully saturated rings. The summed E-state index contributed by atoms with van der Waals surface area (Å²) in [5, 5.41) is 8.04. The van der Waals surface area contributed by atoms with Crippen LogP contribution < -0.4 is 11.1 Å². The first-order valence-corrected chi connectivity index (χ1v) is 8.53. The standard InChI is InChI=1S/C15H15IN6O/c1-9(15(23)18-7-16)22-14-11(13(17)19-8-20-14)12(21-22)10-5-3-2-4-6-10/h2-6,8-9H,7H2,1H3,(H,18,23)(H2,17,19,20). The molecular formula is C15H15IN6O. The number of nitrogens with one attached hydrogen (secondary N) is 1. The van der Waals surface area contributed by atoms with E-state index in [9.17, 15) is 4.79 Å². The van der Waals surface area contributed by atoms with Crippen LogP contribution in [0.4, 0.5) is 5.82 Å². The van der Waals surface area contributed by atoms with Crippen LogP contribution in [0.3, 0.4) is 0 Å². The second kappa shape index (κ2) is 6.49. The minimum absolute atomic E-state index is 0.124. The lowest BCUT2D eigenvalue weighted by Gasteiger charge is -2.11. The van der Waals surface area contributed by atoms with Crippen molar-refractivity contribution in [3.63, 3.8) is 0 Å². The van der Waals surface area contributed by atoms with Crippen molar-refractivity contribution in [3.05, 3.63) is 36.7 Å². The van der Waals surface area contributed by atoms with E-state index in [4.69, 9.17) is 5.73 Å². The fourth-order valence-electron chi connectivity index (χ4n) is 2.39. The summed E-state index contributed by atoms with van der Waals surface area (Å²) in [4.78, 5) is 20.5. The number of alkyl halides is 1. The molecule has 118 valence electrons. The third kappa shape index (κ3) is 2.85. The van der Waals surface area contributed by atoms with Crippen molar-refractivity contribution in [1.82, 2.24) is 25.1 Å². The number of carbonyl (C=O) groups is 1. The summed E-state index contributed by atoms with van der Waals surface area (Å²) in [5.74, 6) is 0.224. The Kier molecular flexibility index (Phi) is 4.42. The average molecular weight is 422 g/mol. The fraction of sp³-hybridized carbons (Fsp3) is 0.200. The van der Waals surface area contributed by atoms with Gasteiger partial charge in [0.05, 0.1) is 9.94 Å². The first-order chi connectivity index (χ1) is 11.1. The van der Waals surface area contributed by atoms with Crippen LogP contribution in [0.15, 0.2) is 36.7 Å². The van der Waals surface area contributed by atoms with Crippen molar-refractivity contribution in [3.8, 4) is 11.3 Å². The quantitative estimate of drug-likeness (QED) is 0.382. The molecule has 0 aliphatic rings. The number of halogens is 1. The number of nitrogens with zero attached hydrogens (tertiary/aromatic N) is 4. The van der Waals surface area contributed by atoms with Gasteiger partial charge in [-0.3, -0.25) is 4.79 Å². The van der Waals surface area contributed by atoms with Gasteiger partial charge in [-0.1, -0.05) is 52.9 Å². The van der Waals surface area contributed by atoms with E-state index in [1.165, 1.54) is 6.33 Å². The molecule has 3 rings (SSSR count). The smallest absolute Gasteiger partial charge is 0.245 e. The van der Waals surface area contributed by atoms with E-state index in [0.29, 0.717) is 27.1 Å². The van der Waals surface area contributed by atoms with Gasteiger partial charge in [-0.2, -0.15) is 5.10 Å². The van der Waals surface area contributed by atoms with Crippen molar-refractivity contribution in [2.45, 2.75) is 13.0 Å². The van der Waals surface area contributed by atoms with Gasteiger partial charge in [0.15, 0.2) is 5.65 Å². The molecule has 7 nitrogen and oxygen atoms in total. The molecule has 1 unspecified atom stereocenters. The van der Waals surface area contributed by atoms with Gasteiger partial charge in [0.2, 0.25) is 5.91 Å². The number of aromatic nitrogens is 4. The van der Waals surface area contributed by atoms with Gasteiger partial charge in [-0.05, 0) is 6.92 Å². The minimum atomic E-state index is -0.501. The number of hydrogen-bond acceptors (Lipinski definition) is 5. The minimum Gasteiger partial charge on any atom is -0.383 e. The maximum absolute atomic E-state index is 12.2. The average Bonchev–Trinajstić information content (AvgIpc) is 2.96. The van der Waals surface area contributed by atoms with E-state index in [-0.39, 0.29) is 5.91 Å². The van der Waals surface area contributed by atoms with Crippen LogP contribution in [-0.2, 0) is 4.79 Å². The number of amides is 1. The number of nitrogen functional groups attached to an aromatic ring is 1. The molecule has 1 atom stereocenters. The molecule has 2 aromatic heterocycles. The Bertz CT molecular complexity index is 848. The highest BCUT2D eigenvalue weighted by Crippen LogP contribution is 2.31. The summed E-state index contributed by atoms with van der Waals surface area (Å²) < 4.78 is 2.13. The molecule has 0 radical (unpaired) electrons. The van der Waals surface area contributed by atoms with Gasteiger partial charge in [-0.25, -0.2) is 14.6 Å². The molecular weight excluding hydrogens is 407 g/mol. The van der Waals surface area contributed by atoms with Gasteiger partial charge in [0, 0.05) is 5.56 Å². The zero-order valence-electron chi connectivity index (χ0n) is 12.4. The number of nitrogens with two attached hydrogens (primary N) is 1. The van der Waals surface area contributed by atoms with Crippen LogP contribution in [0.25, 0.3) is 22.3 Å². The maximum atomic E-state index is 12.2. The zero-order valence-corrected chi connectivity index (χ0v) is 14.6. The predicted octanol–water partition coefficient (Wildman–Crippen LogP) is 2.15. The number of rotatable bonds is 4. The number of anilines is 1. The number of fused-ring (bicyclic) bond motifs is 1. The van der Waals surface area contributed by atoms with Gasteiger partial charge in [-0.15, -0.1) is 0 Å². The highest BCUT2D eigenvalue weighted by molar-refractivity contribution is 14.1. The molecule has 1 aromatic carbocycles. The summed E-state index contributed by atoms with van der Waals surface area (Å²) in [6.07, 6.45) is 1.38. The molecule has 0 spiro atoms. The second-order valence-electron chi connectivity index (χ2n) is 4.97. The lowest BCUT2D eigenvalue weighted by Crippen LogP contribution is -2.30. The molecule has 0 saturated carbocycles. The third-order valence-electron chi connectivity index (χ3n) is 3.55. The number of benzene rings is 1. The van der Waals surface area contributed by atoms with Gasteiger partial charge in [0.25, 0.3) is 0 Å². The van der Waals surface area contributed by atoms with Crippen molar-refractivity contribution in [2.24, 2.45) is 0 Å². The molecule has 0 saturated heterocycles. The van der Waals surface area contributed by atoms with Crippen LogP contribution in [0, 0.1) is 0 Å². The topological polar surface area (TPSA) is 98.7 Å². The largest absolute Gasteiger partial charge is 0.383 e. The maximum Gasteiger partial charge on any atom is 0.245 e. The Morgan fingerprint density at radius 3 is 2.78 bits per heavy atom. The van der Waals surface area contributed by atoms with Crippen LogP contribution >= 0.6 is 22.6 Å². The second-order valence-corrected chi connectivity index (χ2v) is 5.73. The van der Waals surface area contributed by atoms with E-state index in [0.717, 1.165) is 5.56 Å². The molecule has 3 N–H and O–H groups in total. The number of carbonyl (C=O) groups excluding carboxylic acids is 1. The van der Waals surface area contributed by atoms with Crippen LogP contribution in [-0.4, -0.2) is 30.2 Å². The SMILES string of the molecule is CC(C(=O)NCI)n1nc(-c2ccccc2)c2c(N)ncnc21. The van der Waals surface area contributed by atoms with Crippen LogP contribution in [0.1, 0.15) is 13.0 Å². The van der Waals surface area contributed by atoms with Crippen molar-refractivity contribution >= 4 is 45.3 Å². The predicted molar refractivity (Wildman–Crippen MR) is 96.9 cm³/mol. The Morgan fingerprint density at radius 2 is 2.09 bits per heavy atom. The zero-order chi connectivity index (χ0) is 16.4. The molecule has 0 aliphatic heterocycles. The lowest BCUT2D eigenvalue weighted by atomic mass is 10.1. The Hall–Kier alpha value is -2.23. The molecule has 0 bridgehead atoms. The number of hydrogen-bond donors (Lipinski definition) is 2. The molecule has 3 aromatic rings. The highest BCUT2D eigenvalue weighted by Gasteiger charge is 2.23. The van der Waals surface area contributed by atoms with E-state index in [1.54, 1.807) is 11.6 Å². The summed E-state index contributed by atoms with van der Waals surface area (Å²) in [6, 6.07) is 9.15. The Morgan fingerprint density at radius 1 is 1.35 bits per heavy atom. The van der Waals surface area contributed by atoms with E-state index < -0.39 is 6.04 Å². The van der Waals surface area contributed by atoms with Gasteiger partial charge < -0.3 is 11.1 Å². The van der Waals surface area contributed by atoms with Crippen molar-refractivity contribution in [1.29, 1.82) is 0 Å². The normalized spacial score (nSPS) is 12.3. The van der Waals surface area contributed by atoms with Crippen molar-refractivity contribution in [2.75, 3.05) is 10.3 Å². The molecule has 23 heavy (non-hydrogen) atoms. The summed E-state index contributed by atoms with van der Waals surface area (Å²) in [7, 11) is 0. The first kappa shape index (κ1) is 15.7.